The third-order valence-electron chi connectivity index (χ3n) is 13.1. The molecule has 38 heavy (non-hydrogen) atoms. The van der Waals surface area contributed by atoms with Gasteiger partial charge in [-0.25, -0.2) is 0 Å². The van der Waals surface area contributed by atoms with Crippen molar-refractivity contribution in [3.8, 4) is 0 Å². The summed E-state index contributed by atoms with van der Waals surface area (Å²) in [5.74, 6) is 2.64. The highest BCUT2D eigenvalue weighted by Gasteiger charge is 2.67. The molecule has 7 heteroatoms. The lowest BCUT2D eigenvalue weighted by atomic mass is 9.44. The Balaban J connectivity index is 0.00000294. The number of nitrogens with zero attached hydrogens (tertiary/aromatic N) is 2. The Bertz CT molecular complexity index is 861. The van der Waals surface area contributed by atoms with E-state index >= 15 is 0 Å². The van der Waals surface area contributed by atoms with Crippen molar-refractivity contribution in [1.82, 2.24) is 4.90 Å². The van der Waals surface area contributed by atoms with E-state index in [0.717, 1.165) is 55.5 Å². The number of morpholine rings is 1. The van der Waals surface area contributed by atoms with E-state index in [1.165, 1.54) is 64.5 Å². The molecule has 6 nitrogen and oxygen atoms in total. The molecule has 0 bridgehead atoms. The first-order chi connectivity index (χ1) is 17.7. The maximum absolute atomic E-state index is 12.4. The fraction of sp³-hybridized carbons (Fsp3) is 0.968. The number of rotatable bonds is 3. The second-order valence-electron chi connectivity index (χ2n) is 14.7. The molecule has 10 atom stereocenters. The van der Waals surface area contributed by atoms with Crippen molar-refractivity contribution in [1.29, 1.82) is 0 Å². The lowest BCUT2D eigenvalue weighted by Crippen LogP contribution is -3.00. The summed E-state index contributed by atoms with van der Waals surface area (Å²) in [6.07, 6.45) is 12.1. The summed E-state index contributed by atoms with van der Waals surface area (Å²) in [6.45, 7) is 12.7. The van der Waals surface area contributed by atoms with E-state index in [-0.39, 0.29) is 46.6 Å². The number of quaternary nitrogens is 1. The summed E-state index contributed by atoms with van der Waals surface area (Å²) in [7, 11) is 2.46. The van der Waals surface area contributed by atoms with Gasteiger partial charge < -0.3 is 36.0 Å². The third-order valence-corrected chi connectivity index (χ3v) is 13.1. The molecule has 2 aliphatic heterocycles. The van der Waals surface area contributed by atoms with Crippen LogP contribution in [-0.4, -0.2) is 91.2 Å². The Hall–Kier alpha value is -0.210. The Kier molecular flexibility index (Phi) is 8.39. The van der Waals surface area contributed by atoms with Gasteiger partial charge in [-0.05, 0) is 86.9 Å². The van der Waals surface area contributed by atoms with Crippen LogP contribution in [0.25, 0.3) is 0 Å². The van der Waals surface area contributed by atoms with Gasteiger partial charge in [0.05, 0.1) is 39.5 Å². The Labute approximate surface area is 241 Å². The number of aliphatic hydroxyl groups excluding tert-OH is 1. The third kappa shape index (κ3) is 4.72. The quantitative estimate of drug-likeness (QED) is 0.392. The maximum atomic E-state index is 12.4. The van der Waals surface area contributed by atoms with Crippen molar-refractivity contribution in [2.45, 2.75) is 109 Å². The first kappa shape index (κ1) is 29.3. The van der Waals surface area contributed by atoms with Crippen LogP contribution < -0.4 is 17.0 Å². The number of hydrogen-bond acceptors (Lipinski definition) is 5. The van der Waals surface area contributed by atoms with E-state index < -0.39 is 0 Å². The lowest BCUT2D eigenvalue weighted by molar-refractivity contribution is -0.940. The Morgan fingerprint density at radius 2 is 1.71 bits per heavy atom. The van der Waals surface area contributed by atoms with Crippen LogP contribution in [0, 0.1) is 34.5 Å². The van der Waals surface area contributed by atoms with Gasteiger partial charge in [0, 0.05) is 37.9 Å². The highest BCUT2D eigenvalue weighted by molar-refractivity contribution is 5.66. The number of aliphatic hydroxyl groups is 1. The van der Waals surface area contributed by atoms with E-state index in [2.05, 4.69) is 25.8 Å². The van der Waals surface area contributed by atoms with E-state index in [1.54, 1.807) is 6.92 Å². The van der Waals surface area contributed by atoms with Gasteiger partial charge in [0.25, 0.3) is 0 Å². The average molecular weight is 598 g/mol. The topological polar surface area (TPSA) is 59.0 Å². The number of likely N-dealkylation sites (N-methyl/N-ethyl adjacent to an activating group) is 1. The molecule has 1 N–H and O–H groups in total. The number of carbonyl (C=O) groups is 1. The van der Waals surface area contributed by atoms with Crippen molar-refractivity contribution < 1.29 is 40.8 Å². The monoisotopic (exact) mass is 596 g/mol. The second-order valence-corrected chi connectivity index (χ2v) is 14.7. The van der Waals surface area contributed by atoms with Gasteiger partial charge >= 0.3 is 5.97 Å². The molecule has 0 radical (unpaired) electrons. The van der Waals surface area contributed by atoms with Gasteiger partial charge in [-0.2, -0.15) is 0 Å². The standard InChI is InChI=1S/C31H53N2O4.BrH/c1-21(34)37-29-27(33(4)14-6-5-7-15-33)19-25-23-9-8-22-18-28(35)26(32-12-16-36-17-13-32)20-31(22,3)24(23)10-11-30(25,29)2;/h22-29,35H,5-20H2,1-4H3;1H/q+1;/p-1. The normalized spacial score (nSPS) is 48.7. The van der Waals surface area contributed by atoms with Gasteiger partial charge in [0.1, 0.15) is 6.04 Å². The molecule has 0 aromatic carbocycles. The van der Waals surface area contributed by atoms with Crippen LogP contribution in [0.2, 0.25) is 0 Å². The predicted octanol–water partition coefficient (Wildman–Crippen LogP) is 1.25. The van der Waals surface area contributed by atoms with Crippen LogP contribution in [0.5, 0.6) is 0 Å². The minimum absolute atomic E-state index is 0. The zero-order chi connectivity index (χ0) is 26.0. The Morgan fingerprint density at radius 3 is 2.39 bits per heavy atom. The van der Waals surface area contributed by atoms with Gasteiger partial charge in [-0.15, -0.1) is 0 Å². The lowest BCUT2D eigenvalue weighted by Gasteiger charge is -2.62. The molecule has 0 spiro atoms. The SMILES string of the molecule is CC(=O)OC1C([N+]2(C)CCCCC2)CC2C3CCC4CC(O)C(N5CCOCC5)CC4(C)C3CCC21C.[Br-]. The number of ether oxygens (including phenoxy) is 2. The van der Waals surface area contributed by atoms with E-state index in [0.29, 0.717) is 23.3 Å². The zero-order valence-corrected chi connectivity index (χ0v) is 26.0. The predicted molar refractivity (Wildman–Crippen MR) is 144 cm³/mol. The molecular formula is C31H53BrN2O4. The fourth-order valence-electron chi connectivity index (χ4n) is 11.1. The van der Waals surface area contributed by atoms with Gasteiger partial charge in [0.2, 0.25) is 0 Å². The zero-order valence-electron chi connectivity index (χ0n) is 24.4. The molecular weight excluding hydrogens is 544 g/mol. The molecule has 4 aliphatic carbocycles. The van der Waals surface area contributed by atoms with Crippen LogP contribution in [0.3, 0.4) is 0 Å². The number of piperidine rings is 1. The van der Waals surface area contributed by atoms with Crippen molar-refractivity contribution in [3.05, 3.63) is 0 Å². The summed E-state index contributed by atoms with van der Waals surface area (Å²) >= 11 is 0. The second kappa shape index (κ2) is 10.9. The van der Waals surface area contributed by atoms with E-state index in [4.69, 9.17) is 9.47 Å². The summed E-state index contributed by atoms with van der Waals surface area (Å²) < 4.78 is 13.1. The van der Waals surface area contributed by atoms with Crippen molar-refractivity contribution in [3.63, 3.8) is 0 Å². The van der Waals surface area contributed by atoms with Crippen molar-refractivity contribution in [2.75, 3.05) is 46.4 Å². The fourth-order valence-corrected chi connectivity index (χ4v) is 11.1. The molecule has 4 saturated carbocycles. The summed E-state index contributed by atoms with van der Waals surface area (Å²) in [6, 6.07) is 0.720. The highest BCUT2D eigenvalue weighted by Crippen LogP contribution is 2.67. The number of halogens is 1. The first-order valence-corrected chi connectivity index (χ1v) is 15.7. The number of carbonyl (C=O) groups excluding carboxylic acids is 1. The van der Waals surface area contributed by atoms with Crippen LogP contribution >= 0.6 is 0 Å². The molecule has 6 fully saturated rings. The van der Waals surface area contributed by atoms with Gasteiger partial charge in [-0.1, -0.05) is 13.8 Å². The summed E-state index contributed by atoms with van der Waals surface area (Å²) in [4.78, 5) is 15.0. The number of fused-ring (bicyclic) bond motifs is 5. The van der Waals surface area contributed by atoms with Gasteiger partial charge in [-0.3, -0.25) is 9.69 Å². The molecule has 6 rings (SSSR count). The Morgan fingerprint density at radius 1 is 1.00 bits per heavy atom. The molecule has 0 amide bonds. The number of esters is 1. The minimum atomic E-state index is -0.200. The van der Waals surface area contributed by atoms with Crippen LogP contribution in [0.15, 0.2) is 0 Å². The number of hydrogen-bond donors (Lipinski definition) is 1. The number of likely N-dealkylation sites (tertiary alicyclic amines) is 1. The van der Waals surface area contributed by atoms with Gasteiger partial charge in [0.15, 0.2) is 6.10 Å². The van der Waals surface area contributed by atoms with Crippen LogP contribution in [-0.2, 0) is 14.3 Å². The largest absolute Gasteiger partial charge is 1.00 e. The van der Waals surface area contributed by atoms with Crippen LogP contribution in [0.4, 0.5) is 0 Å². The molecule has 218 valence electrons. The molecule has 0 aromatic rings. The summed E-state index contributed by atoms with van der Waals surface area (Å²) in [5, 5.41) is 11.3. The smallest absolute Gasteiger partial charge is 0.303 e. The van der Waals surface area contributed by atoms with E-state index in [1.807, 2.05) is 0 Å². The highest BCUT2D eigenvalue weighted by atomic mass is 79.9. The minimum Gasteiger partial charge on any atom is -1.00 e. The molecule has 10 unspecified atom stereocenters. The molecule has 6 aliphatic rings. The molecule has 2 heterocycles. The van der Waals surface area contributed by atoms with E-state index in [9.17, 15) is 9.90 Å². The first-order valence-electron chi connectivity index (χ1n) is 15.7. The van der Waals surface area contributed by atoms with Crippen molar-refractivity contribution >= 4 is 5.97 Å². The maximum Gasteiger partial charge on any atom is 0.303 e. The van der Waals surface area contributed by atoms with Crippen molar-refractivity contribution in [2.24, 2.45) is 34.5 Å². The molecule has 2 saturated heterocycles. The van der Waals surface area contributed by atoms with Crippen LogP contribution in [0.1, 0.15) is 85.0 Å². The molecule has 0 aromatic heterocycles. The summed E-state index contributed by atoms with van der Waals surface area (Å²) in [5.41, 5.74) is 0.391. The average Bonchev–Trinajstić information content (AvgIpc) is 3.17.